The van der Waals surface area contributed by atoms with E-state index in [2.05, 4.69) is 49.4 Å². The monoisotopic (exact) mass is 505 g/mol. The summed E-state index contributed by atoms with van der Waals surface area (Å²) in [6, 6.07) is 12.3. The maximum Gasteiger partial charge on any atom is 0.271 e. The van der Waals surface area contributed by atoms with Crippen LogP contribution in [0.5, 0.6) is 5.75 Å². The number of hydrogen-bond acceptors (Lipinski definition) is 4. The molecule has 200 valence electrons. The molecule has 0 radical (unpaired) electrons. The molecule has 3 unspecified atom stereocenters. The second kappa shape index (κ2) is 11.5. The first kappa shape index (κ1) is 26.9. The maximum atomic E-state index is 13.9. The summed E-state index contributed by atoms with van der Waals surface area (Å²) in [6.45, 7) is 16.9. The Morgan fingerprint density at radius 3 is 2.62 bits per heavy atom. The van der Waals surface area contributed by atoms with E-state index in [1.165, 1.54) is 19.3 Å². The predicted octanol–water partition coefficient (Wildman–Crippen LogP) is 7.15. The van der Waals surface area contributed by atoms with Gasteiger partial charge >= 0.3 is 0 Å². The number of nitrogens with zero attached hydrogens (tertiary/aromatic N) is 2. The fraction of sp³-hybridized carbons (Fsp3) is 0.516. The van der Waals surface area contributed by atoms with E-state index in [0.29, 0.717) is 37.4 Å². The van der Waals surface area contributed by atoms with E-state index in [1.807, 2.05) is 43.0 Å². The summed E-state index contributed by atoms with van der Waals surface area (Å²) < 4.78 is 13.5. The molecule has 0 saturated heterocycles. The molecule has 1 aromatic carbocycles. The smallest absolute Gasteiger partial charge is 0.271 e. The molecule has 3 atom stereocenters. The van der Waals surface area contributed by atoms with E-state index >= 15 is 0 Å². The van der Waals surface area contributed by atoms with Gasteiger partial charge in [0.25, 0.3) is 5.91 Å². The van der Waals surface area contributed by atoms with Crippen LogP contribution in [-0.4, -0.2) is 33.6 Å². The second-order valence-electron chi connectivity index (χ2n) is 10.4. The van der Waals surface area contributed by atoms with Crippen molar-refractivity contribution in [2.45, 2.75) is 91.4 Å². The van der Waals surface area contributed by atoms with E-state index in [0.717, 1.165) is 41.0 Å². The number of carbonyl (C=O) groups excluding carboxylic acids is 1. The van der Waals surface area contributed by atoms with Gasteiger partial charge in [0.15, 0.2) is 5.58 Å². The topological polar surface area (TPSA) is 59.6 Å². The van der Waals surface area contributed by atoms with Gasteiger partial charge in [-0.05, 0) is 49.8 Å². The molecule has 1 aliphatic heterocycles. The normalized spacial score (nSPS) is 23.3. The molecule has 1 saturated carbocycles. The summed E-state index contributed by atoms with van der Waals surface area (Å²) >= 11 is 0. The molecule has 2 aliphatic rings. The molecule has 1 N–H and O–H groups in total. The van der Waals surface area contributed by atoms with Gasteiger partial charge in [0, 0.05) is 30.4 Å². The highest BCUT2D eigenvalue weighted by atomic mass is 16.5. The highest BCUT2D eigenvalue weighted by molar-refractivity contribution is 5.99. The Morgan fingerprint density at radius 2 is 1.92 bits per heavy atom. The number of benzene rings is 1. The Hall–Kier alpha value is -3.15. The van der Waals surface area contributed by atoms with Gasteiger partial charge < -0.3 is 23.9 Å². The molecule has 0 bridgehead atoms. The van der Waals surface area contributed by atoms with Crippen LogP contribution in [0.15, 0.2) is 59.4 Å². The van der Waals surface area contributed by atoms with Gasteiger partial charge in [0.05, 0.1) is 30.5 Å². The number of amides is 1. The Balaban J connectivity index is 0.00000156. The first-order valence-corrected chi connectivity index (χ1v) is 14.0. The average Bonchev–Trinajstić information content (AvgIpc) is 3.51. The Morgan fingerprint density at radius 1 is 1.19 bits per heavy atom. The first-order chi connectivity index (χ1) is 17.9. The minimum absolute atomic E-state index is 0.00361. The molecule has 5 rings (SSSR count). The van der Waals surface area contributed by atoms with Gasteiger partial charge in [-0.25, -0.2) is 0 Å². The summed E-state index contributed by atoms with van der Waals surface area (Å²) in [4.78, 5) is 15.9. The predicted molar refractivity (Wildman–Crippen MR) is 150 cm³/mol. The van der Waals surface area contributed by atoms with Crippen LogP contribution in [0.4, 0.5) is 0 Å². The lowest BCUT2D eigenvalue weighted by molar-refractivity contribution is 0.0412. The zero-order valence-electron chi connectivity index (χ0n) is 23.2. The van der Waals surface area contributed by atoms with E-state index in [-0.39, 0.29) is 5.91 Å². The van der Waals surface area contributed by atoms with E-state index < -0.39 is 5.54 Å². The third-order valence-electron chi connectivity index (χ3n) is 7.91. The third kappa shape index (κ3) is 5.29. The standard InChI is InChI=1S/C29H37N3O3.C2H6/c1-5-15-34-23-12-10-22(11-13-23)18-32-28(33)26-17-27-25(14-16-35-27)31(26)19-29(32,4)21(3)30-24-9-7-6-8-20(24)2;1-2/h10-14,16-17,20,24,30H,3,5-9,15,18-19H2,1-2,4H3;1-2H3. The van der Waals surface area contributed by atoms with Crippen molar-refractivity contribution in [3.63, 3.8) is 0 Å². The lowest BCUT2D eigenvalue weighted by Gasteiger charge is -2.48. The van der Waals surface area contributed by atoms with Crippen molar-refractivity contribution in [3.05, 3.63) is 66.2 Å². The van der Waals surface area contributed by atoms with Gasteiger partial charge in [-0.15, -0.1) is 0 Å². The molecule has 37 heavy (non-hydrogen) atoms. The van der Waals surface area contributed by atoms with Crippen molar-refractivity contribution in [1.29, 1.82) is 0 Å². The molecular weight excluding hydrogens is 462 g/mol. The maximum absolute atomic E-state index is 13.9. The zero-order chi connectivity index (χ0) is 26.6. The molecule has 3 heterocycles. The van der Waals surface area contributed by atoms with Gasteiger partial charge in [0.2, 0.25) is 0 Å². The van der Waals surface area contributed by atoms with Crippen molar-refractivity contribution in [3.8, 4) is 5.75 Å². The number of aromatic nitrogens is 1. The van der Waals surface area contributed by atoms with E-state index in [9.17, 15) is 4.79 Å². The number of fused-ring (bicyclic) bond motifs is 3. The number of rotatable bonds is 8. The van der Waals surface area contributed by atoms with Gasteiger partial charge in [-0.1, -0.05) is 59.2 Å². The van der Waals surface area contributed by atoms with Crippen molar-refractivity contribution < 1.29 is 13.9 Å². The highest BCUT2D eigenvalue weighted by Gasteiger charge is 2.45. The van der Waals surface area contributed by atoms with Crippen molar-refractivity contribution in [2.75, 3.05) is 6.61 Å². The quantitative estimate of drug-likeness (QED) is 0.353. The number of hydrogen-bond donors (Lipinski definition) is 1. The van der Waals surface area contributed by atoms with Gasteiger partial charge in [-0.3, -0.25) is 4.79 Å². The molecule has 1 aliphatic carbocycles. The average molecular weight is 506 g/mol. The van der Waals surface area contributed by atoms with Crippen LogP contribution < -0.4 is 10.1 Å². The van der Waals surface area contributed by atoms with E-state index in [1.54, 1.807) is 6.26 Å². The first-order valence-electron chi connectivity index (χ1n) is 14.0. The van der Waals surface area contributed by atoms with Crippen LogP contribution in [0.1, 0.15) is 82.8 Å². The number of ether oxygens (including phenoxy) is 1. The van der Waals surface area contributed by atoms with Crippen LogP contribution in [-0.2, 0) is 13.1 Å². The van der Waals surface area contributed by atoms with Crippen molar-refractivity contribution in [2.24, 2.45) is 5.92 Å². The minimum atomic E-state index is -0.595. The molecule has 6 heteroatoms. The number of carbonyl (C=O) groups is 1. The lowest BCUT2D eigenvalue weighted by atomic mass is 9.84. The largest absolute Gasteiger partial charge is 0.494 e. The summed E-state index contributed by atoms with van der Waals surface area (Å²) in [5.41, 5.74) is 3.74. The second-order valence-corrected chi connectivity index (χ2v) is 10.4. The molecule has 3 aromatic rings. The minimum Gasteiger partial charge on any atom is -0.494 e. The third-order valence-corrected chi connectivity index (χ3v) is 7.91. The van der Waals surface area contributed by atoms with Crippen LogP contribution >= 0.6 is 0 Å². The van der Waals surface area contributed by atoms with Crippen molar-refractivity contribution >= 4 is 17.0 Å². The van der Waals surface area contributed by atoms with Gasteiger partial charge in [-0.2, -0.15) is 0 Å². The SMILES string of the molecule is C=C(NC1CCCCC1C)C1(C)Cn2c(cc3occc32)C(=O)N1Cc1ccc(OCCC)cc1.CC. The lowest BCUT2D eigenvalue weighted by Crippen LogP contribution is -2.60. The highest BCUT2D eigenvalue weighted by Crippen LogP contribution is 2.37. The molecule has 6 nitrogen and oxygen atoms in total. The zero-order valence-corrected chi connectivity index (χ0v) is 23.2. The summed E-state index contributed by atoms with van der Waals surface area (Å²) in [6.07, 6.45) is 7.55. The van der Waals surface area contributed by atoms with E-state index in [4.69, 9.17) is 9.15 Å². The van der Waals surface area contributed by atoms with Crippen LogP contribution in [0.3, 0.4) is 0 Å². The fourth-order valence-corrected chi connectivity index (χ4v) is 5.59. The molecule has 0 spiro atoms. The fourth-order valence-electron chi connectivity index (χ4n) is 5.59. The van der Waals surface area contributed by atoms with Crippen molar-refractivity contribution in [1.82, 2.24) is 14.8 Å². The molecule has 1 fully saturated rings. The summed E-state index contributed by atoms with van der Waals surface area (Å²) in [7, 11) is 0. The summed E-state index contributed by atoms with van der Waals surface area (Å²) in [5.74, 6) is 1.45. The van der Waals surface area contributed by atoms with Crippen LogP contribution in [0.25, 0.3) is 11.1 Å². The Kier molecular flexibility index (Phi) is 8.35. The molecular formula is C31H43N3O3. The number of nitrogens with one attached hydrogen (secondary N) is 1. The summed E-state index contributed by atoms with van der Waals surface area (Å²) in [5, 5.41) is 3.77. The molecule has 2 aromatic heterocycles. The van der Waals surface area contributed by atoms with Crippen LogP contribution in [0.2, 0.25) is 0 Å². The van der Waals surface area contributed by atoms with Gasteiger partial charge in [0.1, 0.15) is 11.4 Å². The Labute approximate surface area is 221 Å². The molecule has 1 amide bonds. The number of furan rings is 1. The van der Waals surface area contributed by atoms with Crippen LogP contribution in [0, 0.1) is 5.92 Å². The Bertz CT molecular complexity index is 1210.